The van der Waals surface area contributed by atoms with Crippen LogP contribution in [-0.2, 0) is 0 Å². The van der Waals surface area contributed by atoms with Crippen LogP contribution in [0.25, 0.3) is 44.8 Å². The van der Waals surface area contributed by atoms with Crippen molar-refractivity contribution >= 4 is 0 Å². The molecule has 0 radical (unpaired) electrons. The van der Waals surface area contributed by atoms with Crippen molar-refractivity contribution in [3.63, 3.8) is 0 Å². The summed E-state index contributed by atoms with van der Waals surface area (Å²) >= 11 is 0. The van der Waals surface area contributed by atoms with E-state index in [0.29, 0.717) is 0 Å². The lowest BCUT2D eigenvalue weighted by Gasteiger charge is -2.15. The Morgan fingerprint density at radius 2 is 0.811 bits per heavy atom. The topological polar surface area (TPSA) is 35.0 Å². The van der Waals surface area contributed by atoms with Crippen LogP contribution in [0.15, 0.2) is 146 Å². The van der Waals surface area contributed by atoms with E-state index < -0.39 is 0 Å². The Morgan fingerprint density at radius 3 is 1.22 bits per heavy atom. The Morgan fingerprint density at radius 1 is 0.378 bits per heavy atom. The summed E-state index contributed by atoms with van der Waals surface area (Å²) in [6, 6.07) is 45.0. The predicted octanol–water partition coefficient (Wildman–Crippen LogP) is 8.94. The van der Waals surface area contributed by atoms with Gasteiger partial charge in [0, 0.05) is 23.5 Å². The van der Waals surface area contributed by atoms with Gasteiger partial charge >= 0.3 is 0 Å². The normalized spacial score (nSPS) is 10.7. The lowest BCUT2D eigenvalue weighted by atomic mass is 9.96. The van der Waals surface area contributed by atoms with E-state index in [-0.39, 0.29) is 0 Å². The summed E-state index contributed by atoms with van der Waals surface area (Å²) < 4.78 is 6.43. The number of nitrogens with zero attached hydrogens (tertiary/aromatic N) is 2. The zero-order valence-electron chi connectivity index (χ0n) is 20.2. The molecule has 0 fully saturated rings. The highest BCUT2D eigenvalue weighted by atomic mass is 16.5. The van der Waals surface area contributed by atoms with E-state index in [0.717, 1.165) is 56.3 Å². The van der Waals surface area contributed by atoms with Crippen LogP contribution in [0.1, 0.15) is 0 Å². The Hall–Kier alpha value is -5.02. The monoisotopic (exact) mass is 476 g/mol. The minimum Gasteiger partial charge on any atom is -0.457 e. The molecule has 0 aliphatic rings. The van der Waals surface area contributed by atoms with E-state index in [4.69, 9.17) is 4.74 Å². The second kappa shape index (κ2) is 10.3. The molecule has 0 saturated carbocycles. The highest BCUT2D eigenvalue weighted by Crippen LogP contribution is 2.38. The van der Waals surface area contributed by atoms with Crippen molar-refractivity contribution in [3.05, 3.63) is 146 Å². The fourth-order valence-corrected chi connectivity index (χ4v) is 4.52. The average Bonchev–Trinajstić information content (AvgIpc) is 2.99. The molecule has 0 spiro atoms. The number of rotatable bonds is 6. The second-order valence-electron chi connectivity index (χ2n) is 8.68. The molecule has 37 heavy (non-hydrogen) atoms. The molecule has 3 nitrogen and oxygen atoms in total. The third-order valence-corrected chi connectivity index (χ3v) is 6.27. The molecule has 0 aliphatic heterocycles. The van der Waals surface area contributed by atoms with Crippen molar-refractivity contribution in [2.24, 2.45) is 0 Å². The quantitative estimate of drug-likeness (QED) is 0.241. The highest BCUT2D eigenvalue weighted by molar-refractivity contribution is 5.84. The van der Waals surface area contributed by atoms with Gasteiger partial charge in [0.1, 0.15) is 11.5 Å². The molecule has 0 N–H and O–H groups in total. The average molecular weight is 477 g/mol. The maximum absolute atomic E-state index is 6.43. The molecule has 176 valence electrons. The summed E-state index contributed by atoms with van der Waals surface area (Å²) in [7, 11) is 0. The fourth-order valence-electron chi connectivity index (χ4n) is 4.52. The molecule has 2 aromatic heterocycles. The molecule has 0 bridgehead atoms. The number of pyridine rings is 2. The summed E-state index contributed by atoms with van der Waals surface area (Å²) in [5, 5.41) is 0. The van der Waals surface area contributed by atoms with Gasteiger partial charge in [-0.05, 0) is 82.9 Å². The molecule has 6 rings (SSSR count). The third kappa shape index (κ3) is 4.89. The van der Waals surface area contributed by atoms with E-state index in [1.54, 1.807) is 0 Å². The fraction of sp³-hybridized carbons (Fsp3) is 0. The molecular formula is C34H24N2O. The predicted molar refractivity (Wildman–Crippen MR) is 150 cm³/mol. The zero-order chi connectivity index (χ0) is 24.9. The Bertz CT molecular complexity index is 1490. The van der Waals surface area contributed by atoms with Gasteiger partial charge in [-0.3, -0.25) is 9.97 Å². The van der Waals surface area contributed by atoms with Gasteiger partial charge < -0.3 is 4.74 Å². The standard InChI is InChI=1S/C34H24N2O/c1-3-11-25(12-4-1)29-19-17-27(23-31(29)33-15-7-9-21-35-33)37-28-18-20-30(26-13-5-2-6-14-26)32(24-28)34-16-8-10-22-36-34/h1-24H. The molecule has 0 atom stereocenters. The summed E-state index contributed by atoms with van der Waals surface area (Å²) in [6.45, 7) is 0. The van der Waals surface area contributed by atoms with Crippen molar-refractivity contribution < 1.29 is 4.74 Å². The van der Waals surface area contributed by atoms with E-state index in [1.165, 1.54) is 0 Å². The number of hydrogen-bond acceptors (Lipinski definition) is 3. The van der Waals surface area contributed by atoms with Crippen LogP contribution in [0.3, 0.4) is 0 Å². The summed E-state index contributed by atoms with van der Waals surface area (Å²) in [4.78, 5) is 9.24. The van der Waals surface area contributed by atoms with Crippen molar-refractivity contribution in [1.82, 2.24) is 9.97 Å². The van der Waals surface area contributed by atoms with Crippen LogP contribution in [0.5, 0.6) is 11.5 Å². The largest absolute Gasteiger partial charge is 0.457 e. The molecule has 6 aromatic rings. The van der Waals surface area contributed by atoms with Gasteiger partial charge in [0.25, 0.3) is 0 Å². The lowest BCUT2D eigenvalue weighted by Crippen LogP contribution is -1.92. The smallest absolute Gasteiger partial charge is 0.128 e. The zero-order valence-corrected chi connectivity index (χ0v) is 20.2. The van der Waals surface area contributed by atoms with Crippen LogP contribution in [0, 0.1) is 0 Å². The summed E-state index contributed by atoms with van der Waals surface area (Å²) in [5.74, 6) is 1.50. The molecule has 2 heterocycles. The minimum atomic E-state index is 0.750. The molecular weight excluding hydrogens is 452 g/mol. The van der Waals surface area contributed by atoms with Gasteiger partial charge in [0.2, 0.25) is 0 Å². The number of ether oxygens (including phenoxy) is 1. The number of hydrogen-bond donors (Lipinski definition) is 0. The van der Waals surface area contributed by atoms with Crippen LogP contribution < -0.4 is 4.74 Å². The van der Waals surface area contributed by atoms with Crippen LogP contribution in [0.2, 0.25) is 0 Å². The molecule has 3 heteroatoms. The van der Waals surface area contributed by atoms with E-state index in [1.807, 2.05) is 73.1 Å². The first-order valence-electron chi connectivity index (χ1n) is 12.2. The second-order valence-corrected chi connectivity index (χ2v) is 8.68. The number of aromatic nitrogens is 2. The molecule has 0 amide bonds. The van der Waals surface area contributed by atoms with E-state index >= 15 is 0 Å². The molecule has 0 aliphatic carbocycles. The van der Waals surface area contributed by atoms with Crippen molar-refractivity contribution in [2.45, 2.75) is 0 Å². The highest BCUT2D eigenvalue weighted by Gasteiger charge is 2.13. The van der Waals surface area contributed by atoms with Crippen LogP contribution >= 0.6 is 0 Å². The van der Waals surface area contributed by atoms with Crippen molar-refractivity contribution in [2.75, 3.05) is 0 Å². The van der Waals surface area contributed by atoms with Gasteiger partial charge in [-0.1, -0.05) is 72.8 Å². The first kappa shape index (κ1) is 22.4. The van der Waals surface area contributed by atoms with E-state index in [9.17, 15) is 0 Å². The molecule has 0 saturated heterocycles. The number of benzene rings is 4. The van der Waals surface area contributed by atoms with Crippen LogP contribution in [0.4, 0.5) is 0 Å². The first-order valence-corrected chi connectivity index (χ1v) is 12.2. The lowest BCUT2D eigenvalue weighted by molar-refractivity contribution is 0.483. The third-order valence-electron chi connectivity index (χ3n) is 6.27. The Balaban J connectivity index is 1.42. The van der Waals surface area contributed by atoms with Gasteiger partial charge in [-0.15, -0.1) is 0 Å². The maximum Gasteiger partial charge on any atom is 0.128 e. The van der Waals surface area contributed by atoms with E-state index in [2.05, 4.69) is 82.8 Å². The van der Waals surface area contributed by atoms with Gasteiger partial charge in [0.15, 0.2) is 0 Å². The summed E-state index contributed by atoms with van der Waals surface area (Å²) in [5.41, 5.74) is 8.35. The Kier molecular flexibility index (Phi) is 6.25. The van der Waals surface area contributed by atoms with Gasteiger partial charge in [-0.2, -0.15) is 0 Å². The van der Waals surface area contributed by atoms with Gasteiger partial charge in [-0.25, -0.2) is 0 Å². The van der Waals surface area contributed by atoms with Crippen LogP contribution in [-0.4, -0.2) is 9.97 Å². The first-order chi connectivity index (χ1) is 18.3. The summed E-state index contributed by atoms with van der Waals surface area (Å²) in [6.07, 6.45) is 3.64. The van der Waals surface area contributed by atoms with Gasteiger partial charge in [0.05, 0.1) is 11.4 Å². The molecule has 4 aromatic carbocycles. The Labute approximate surface area is 216 Å². The minimum absolute atomic E-state index is 0.750. The SMILES string of the molecule is c1ccc(-c2ccc(Oc3ccc(-c4ccccc4)c(-c4ccccn4)c3)cc2-c2ccccn2)cc1. The maximum atomic E-state index is 6.43. The van der Waals surface area contributed by atoms with Crippen molar-refractivity contribution in [3.8, 4) is 56.3 Å². The van der Waals surface area contributed by atoms with Crippen molar-refractivity contribution in [1.29, 1.82) is 0 Å². The molecule has 0 unspecified atom stereocenters.